The van der Waals surface area contributed by atoms with E-state index in [0.29, 0.717) is 17.9 Å². The number of hydrogen-bond acceptors (Lipinski definition) is 5. The molecular formula is C25H35FN6. The molecule has 6 rings (SSSR count). The number of nitrogens with zero attached hydrogens (tertiary/aromatic N) is 5. The summed E-state index contributed by atoms with van der Waals surface area (Å²) in [6.45, 7) is 7.78. The highest BCUT2D eigenvalue weighted by Crippen LogP contribution is 2.54. The first-order chi connectivity index (χ1) is 15.4. The van der Waals surface area contributed by atoms with Crippen LogP contribution in [0, 0.1) is 40.9 Å². The molecule has 1 saturated heterocycles. The van der Waals surface area contributed by atoms with Gasteiger partial charge in [0.2, 0.25) is 0 Å². The van der Waals surface area contributed by atoms with Gasteiger partial charge in [-0.1, -0.05) is 0 Å². The first kappa shape index (κ1) is 21.6. The molecule has 5 fully saturated rings. The lowest BCUT2D eigenvalue weighted by Crippen LogP contribution is -2.56. The van der Waals surface area contributed by atoms with Crippen LogP contribution in [0.2, 0.25) is 0 Å². The number of nitriles is 1. The summed E-state index contributed by atoms with van der Waals surface area (Å²) in [5, 5.41) is 12.5. The topological polar surface area (TPSA) is 67.6 Å². The lowest BCUT2D eigenvalue weighted by atomic mass is 9.54. The first-order valence-electron chi connectivity index (χ1n) is 12.3. The maximum atomic E-state index is 13.7. The normalized spacial score (nSPS) is 33.1. The highest BCUT2D eigenvalue weighted by molar-refractivity contribution is 5.92. The first-order valence-corrected chi connectivity index (χ1v) is 12.3. The third-order valence-electron chi connectivity index (χ3n) is 8.55. The van der Waals surface area contributed by atoms with Crippen LogP contribution in [0.3, 0.4) is 0 Å². The van der Waals surface area contributed by atoms with E-state index in [1.165, 1.54) is 38.3 Å². The molecule has 7 heteroatoms. The molecule has 0 radical (unpaired) electrons. The van der Waals surface area contributed by atoms with Crippen LogP contribution in [-0.4, -0.2) is 53.5 Å². The molecule has 4 bridgehead atoms. The second kappa shape index (κ2) is 8.62. The molecule has 1 aromatic heterocycles. The van der Waals surface area contributed by atoms with Crippen LogP contribution < -0.4 is 10.2 Å². The lowest BCUT2D eigenvalue weighted by Gasteiger charge is -2.53. The van der Waals surface area contributed by atoms with Gasteiger partial charge in [0.05, 0.1) is 29.7 Å². The van der Waals surface area contributed by atoms with Gasteiger partial charge in [-0.05, 0) is 76.0 Å². The zero-order chi connectivity index (χ0) is 22.3. The monoisotopic (exact) mass is 438 g/mol. The Hall–Kier alpha value is -2.20. The zero-order valence-electron chi connectivity index (χ0n) is 19.3. The molecule has 0 aromatic carbocycles. The van der Waals surface area contributed by atoms with Crippen molar-refractivity contribution in [3.8, 4) is 6.19 Å². The fourth-order valence-corrected chi connectivity index (χ4v) is 7.11. The second-order valence-electron chi connectivity index (χ2n) is 10.9. The molecule has 4 aliphatic carbocycles. The average Bonchev–Trinajstić information content (AvgIpc) is 3.02. The molecular weight excluding hydrogens is 403 g/mol. The number of aliphatic imine (C=N–C) groups is 1. The Kier molecular flexibility index (Phi) is 5.83. The third kappa shape index (κ3) is 4.10. The molecule has 172 valence electrons. The fraction of sp³-hybridized carbons (Fsp3) is 0.720. The summed E-state index contributed by atoms with van der Waals surface area (Å²) in [4.78, 5) is 14.0. The van der Waals surface area contributed by atoms with E-state index in [-0.39, 0.29) is 11.4 Å². The van der Waals surface area contributed by atoms with Crippen molar-refractivity contribution in [3.63, 3.8) is 0 Å². The minimum atomic E-state index is -0.361. The van der Waals surface area contributed by atoms with Crippen molar-refractivity contribution in [2.45, 2.75) is 64.0 Å². The third-order valence-corrected chi connectivity index (χ3v) is 8.55. The summed E-state index contributed by atoms with van der Waals surface area (Å²) in [6, 6.07) is 1.92. The van der Waals surface area contributed by atoms with Gasteiger partial charge in [-0.2, -0.15) is 5.26 Å². The van der Waals surface area contributed by atoms with Crippen molar-refractivity contribution in [2.75, 3.05) is 31.1 Å². The second-order valence-corrected chi connectivity index (χ2v) is 10.9. The SMILES string of the molecule is CC(C)(C(=NC1C2CC3CC(C2)CC1C3)NC#N)N1CCCN(c2cncc(F)c2)CC1. The van der Waals surface area contributed by atoms with Crippen LogP contribution in [0.1, 0.15) is 52.4 Å². The van der Waals surface area contributed by atoms with Crippen LogP contribution in [0.5, 0.6) is 0 Å². The lowest BCUT2D eigenvalue weighted by molar-refractivity contribution is 0.000714. The average molecular weight is 439 g/mol. The van der Waals surface area contributed by atoms with E-state index in [4.69, 9.17) is 4.99 Å². The highest BCUT2D eigenvalue weighted by Gasteiger charge is 2.49. The highest BCUT2D eigenvalue weighted by atomic mass is 19.1. The van der Waals surface area contributed by atoms with Gasteiger partial charge in [-0.3, -0.25) is 20.2 Å². The number of hydrogen-bond donors (Lipinski definition) is 1. The Labute approximate surface area is 190 Å². The Morgan fingerprint density at radius 3 is 2.47 bits per heavy atom. The molecule has 0 unspecified atom stereocenters. The fourth-order valence-electron chi connectivity index (χ4n) is 7.11. The van der Waals surface area contributed by atoms with Crippen molar-refractivity contribution in [3.05, 3.63) is 24.3 Å². The Bertz CT molecular complexity index is 878. The van der Waals surface area contributed by atoms with Crippen LogP contribution >= 0.6 is 0 Å². The van der Waals surface area contributed by atoms with Gasteiger partial charge in [0, 0.05) is 32.2 Å². The summed E-state index contributed by atoms with van der Waals surface area (Å²) in [5.41, 5.74) is 0.475. The zero-order valence-corrected chi connectivity index (χ0v) is 19.3. The van der Waals surface area contributed by atoms with Crippen molar-refractivity contribution in [1.29, 1.82) is 5.26 Å². The molecule has 0 amide bonds. The van der Waals surface area contributed by atoms with Crippen LogP contribution in [0.15, 0.2) is 23.5 Å². The predicted molar refractivity (Wildman–Crippen MR) is 124 cm³/mol. The summed E-state index contributed by atoms with van der Waals surface area (Å²) in [7, 11) is 0. The molecule has 4 saturated carbocycles. The van der Waals surface area contributed by atoms with Gasteiger partial charge in [0.15, 0.2) is 6.19 Å². The largest absolute Gasteiger partial charge is 0.369 e. The number of amidine groups is 1. The summed E-state index contributed by atoms with van der Waals surface area (Å²) in [5.74, 6) is 3.73. The smallest absolute Gasteiger partial charge is 0.182 e. The minimum absolute atomic E-state index is 0.299. The number of halogens is 1. The quantitative estimate of drug-likeness (QED) is 0.335. The van der Waals surface area contributed by atoms with Crippen LogP contribution in [0.4, 0.5) is 10.1 Å². The van der Waals surface area contributed by atoms with Gasteiger partial charge >= 0.3 is 0 Å². The van der Waals surface area contributed by atoms with Crippen molar-refractivity contribution in [2.24, 2.45) is 28.7 Å². The molecule has 2 heterocycles. The van der Waals surface area contributed by atoms with E-state index in [0.717, 1.165) is 56.0 Å². The Balaban J connectivity index is 1.33. The molecule has 32 heavy (non-hydrogen) atoms. The molecule has 1 aliphatic heterocycles. The van der Waals surface area contributed by atoms with E-state index in [9.17, 15) is 9.65 Å². The molecule has 6 nitrogen and oxygen atoms in total. The van der Waals surface area contributed by atoms with Crippen molar-refractivity contribution >= 4 is 11.5 Å². The molecule has 1 aromatic rings. The van der Waals surface area contributed by atoms with Gasteiger partial charge in [0.25, 0.3) is 0 Å². The van der Waals surface area contributed by atoms with Crippen molar-refractivity contribution < 1.29 is 4.39 Å². The predicted octanol–water partition coefficient (Wildman–Crippen LogP) is 3.81. The summed E-state index contributed by atoms with van der Waals surface area (Å²) < 4.78 is 13.7. The standard InChI is InChI=1S/C25H35FN6/c1-25(2,32-5-3-4-31(6-7-32)22-13-21(26)14-28-15-22)24(29-16-27)30-23-19-9-17-8-18(11-19)12-20(23)10-17/h13-15,17-20,23H,3-12H2,1-2H3,(H,29,30). The van der Waals surface area contributed by atoms with Crippen molar-refractivity contribution in [1.82, 2.24) is 15.2 Å². The van der Waals surface area contributed by atoms with E-state index >= 15 is 0 Å². The summed E-state index contributed by atoms with van der Waals surface area (Å²) in [6.07, 6.45) is 12.8. The summed E-state index contributed by atoms with van der Waals surface area (Å²) >= 11 is 0. The van der Waals surface area contributed by atoms with Gasteiger partial charge < -0.3 is 4.90 Å². The van der Waals surface area contributed by atoms with Gasteiger partial charge in [-0.15, -0.1) is 0 Å². The number of pyridine rings is 1. The van der Waals surface area contributed by atoms with Crippen LogP contribution in [-0.2, 0) is 0 Å². The molecule has 1 N–H and O–H groups in total. The maximum absolute atomic E-state index is 13.7. The minimum Gasteiger partial charge on any atom is -0.369 e. The number of rotatable bonds is 4. The molecule has 5 aliphatic rings. The molecule has 0 atom stereocenters. The number of anilines is 1. The number of nitrogens with one attached hydrogen (secondary N) is 1. The Morgan fingerprint density at radius 1 is 1.09 bits per heavy atom. The van der Waals surface area contributed by atoms with Gasteiger partial charge in [-0.25, -0.2) is 4.39 Å². The van der Waals surface area contributed by atoms with Crippen LogP contribution in [0.25, 0.3) is 0 Å². The Morgan fingerprint density at radius 2 is 1.81 bits per heavy atom. The maximum Gasteiger partial charge on any atom is 0.182 e. The molecule has 0 spiro atoms. The van der Waals surface area contributed by atoms with E-state index < -0.39 is 0 Å². The van der Waals surface area contributed by atoms with E-state index in [1.54, 1.807) is 12.3 Å². The number of aromatic nitrogens is 1. The van der Waals surface area contributed by atoms with E-state index in [1.807, 2.05) is 0 Å². The van der Waals surface area contributed by atoms with E-state index in [2.05, 4.69) is 40.1 Å². The van der Waals surface area contributed by atoms with Gasteiger partial charge in [0.1, 0.15) is 11.7 Å².